The van der Waals surface area contributed by atoms with Crippen molar-refractivity contribution in [2.24, 2.45) is 17.3 Å². The fraction of sp³-hybridized carbons (Fsp3) is 0.742. The molecule has 0 aromatic carbocycles. The van der Waals surface area contributed by atoms with E-state index in [1.807, 2.05) is 13.8 Å². The lowest BCUT2D eigenvalue weighted by molar-refractivity contribution is -0.150. The molecule has 3 aliphatic rings. The van der Waals surface area contributed by atoms with Crippen molar-refractivity contribution in [2.45, 2.75) is 122 Å². The average molecular weight is 533 g/mol. The third kappa shape index (κ3) is 8.03. The van der Waals surface area contributed by atoms with Crippen LogP contribution in [0, 0.1) is 17.3 Å². The summed E-state index contributed by atoms with van der Waals surface area (Å²) in [5, 5.41) is 29.4. The molecule has 3 aliphatic carbocycles. The zero-order valence-electron chi connectivity index (χ0n) is 23.7. The van der Waals surface area contributed by atoms with Crippen molar-refractivity contribution < 1.29 is 34.4 Å². The number of allylic oxidation sites excluding steroid dienone is 3. The molecule has 6 atom stereocenters. The third-order valence-electron chi connectivity index (χ3n) is 9.02. The Morgan fingerprint density at radius 3 is 2.66 bits per heavy atom. The van der Waals surface area contributed by atoms with Crippen molar-refractivity contribution in [1.29, 1.82) is 0 Å². The van der Waals surface area contributed by atoms with E-state index in [0.29, 0.717) is 43.3 Å². The second-order valence-corrected chi connectivity index (χ2v) is 12.5. The van der Waals surface area contributed by atoms with Crippen LogP contribution in [0.25, 0.3) is 0 Å². The lowest BCUT2D eigenvalue weighted by Crippen LogP contribution is -2.39. The van der Waals surface area contributed by atoms with E-state index in [-0.39, 0.29) is 30.8 Å². The first kappa shape index (κ1) is 30.6. The number of aliphatic carboxylic acids is 1. The maximum Gasteiger partial charge on any atom is 0.306 e. The molecule has 0 amide bonds. The molecule has 0 aliphatic heterocycles. The van der Waals surface area contributed by atoms with Gasteiger partial charge in [-0.15, -0.1) is 0 Å². The molecule has 3 saturated carbocycles. The van der Waals surface area contributed by atoms with E-state index in [0.717, 1.165) is 31.3 Å². The van der Waals surface area contributed by atoms with Crippen molar-refractivity contribution in [2.75, 3.05) is 6.61 Å². The molecule has 3 rings (SSSR count). The molecule has 7 nitrogen and oxygen atoms in total. The van der Waals surface area contributed by atoms with Crippen molar-refractivity contribution in [3.8, 4) is 0 Å². The van der Waals surface area contributed by atoms with Gasteiger partial charge in [0.1, 0.15) is 6.10 Å². The number of esters is 1. The Bertz CT molecular complexity index is 927. The van der Waals surface area contributed by atoms with Crippen LogP contribution >= 0.6 is 0 Å². The highest BCUT2D eigenvalue weighted by molar-refractivity contribution is 5.71. The number of carboxylic acids is 1. The van der Waals surface area contributed by atoms with Gasteiger partial charge in [0.2, 0.25) is 0 Å². The summed E-state index contributed by atoms with van der Waals surface area (Å²) in [6.45, 7) is 12.9. The van der Waals surface area contributed by atoms with Gasteiger partial charge in [0, 0.05) is 32.3 Å². The van der Waals surface area contributed by atoms with E-state index in [9.17, 15) is 19.8 Å². The summed E-state index contributed by atoms with van der Waals surface area (Å²) in [4.78, 5) is 22.9. The van der Waals surface area contributed by atoms with Crippen LogP contribution in [0.5, 0.6) is 0 Å². The average Bonchev–Trinajstić information content (AvgIpc) is 3.16. The molecule has 214 valence electrons. The highest BCUT2D eigenvalue weighted by Crippen LogP contribution is 2.58. The first-order valence-corrected chi connectivity index (χ1v) is 14.3. The number of aliphatic hydroxyl groups is 2. The summed E-state index contributed by atoms with van der Waals surface area (Å²) in [6, 6.07) is 0. The number of hydrogen-bond acceptors (Lipinski definition) is 6. The number of carboxylic acid groups (broad SMARTS) is 1. The van der Waals surface area contributed by atoms with Gasteiger partial charge < -0.3 is 24.8 Å². The van der Waals surface area contributed by atoms with E-state index in [1.165, 1.54) is 12.0 Å². The minimum Gasteiger partial charge on any atom is -0.481 e. The van der Waals surface area contributed by atoms with Crippen molar-refractivity contribution in [1.82, 2.24) is 0 Å². The van der Waals surface area contributed by atoms with E-state index < -0.39 is 29.7 Å². The maximum atomic E-state index is 12.2. The van der Waals surface area contributed by atoms with Gasteiger partial charge in [-0.1, -0.05) is 31.2 Å². The SMILES string of the molecule is C=C1/C(=C/C=C2\CCC[C@@]3(C)C([C@H](C)OCCC(C)(C)O)CC[C@H]23)C[C@H](OC(=O)CCCC(=O)O)C[C@@H]1O. The summed E-state index contributed by atoms with van der Waals surface area (Å²) in [5.41, 5.74) is 2.48. The summed E-state index contributed by atoms with van der Waals surface area (Å²) >= 11 is 0. The van der Waals surface area contributed by atoms with Crippen LogP contribution < -0.4 is 0 Å². The van der Waals surface area contributed by atoms with Gasteiger partial charge in [-0.25, -0.2) is 0 Å². The lowest BCUT2D eigenvalue weighted by atomic mass is 9.62. The summed E-state index contributed by atoms with van der Waals surface area (Å²) in [5.74, 6) is -0.390. The summed E-state index contributed by atoms with van der Waals surface area (Å²) in [6.07, 6.45) is 10.5. The molecule has 0 radical (unpaired) electrons. The summed E-state index contributed by atoms with van der Waals surface area (Å²) in [7, 11) is 0. The molecule has 3 N–H and O–H groups in total. The van der Waals surface area contributed by atoms with Crippen LogP contribution in [0.15, 0.2) is 35.5 Å². The zero-order valence-corrected chi connectivity index (χ0v) is 23.7. The normalized spacial score (nSPS) is 32.8. The molecule has 0 spiro atoms. The molecular weight excluding hydrogens is 484 g/mol. The Hall–Kier alpha value is -1.96. The number of rotatable bonds is 11. The highest BCUT2D eigenvalue weighted by Gasteiger charge is 2.51. The second kappa shape index (κ2) is 12.9. The van der Waals surface area contributed by atoms with Gasteiger partial charge in [0.15, 0.2) is 0 Å². The Morgan fingerprint density at radius 1 is 1.24 bits per heavy atom. The fourth-order valence-corrected chi connectivity index (χ4v) is 6.83. The molecule has 0 aromatic rings. The molecule has 3 fully saturated rings. The Balaban J connectivity index is 1.65. The second-order valence-electron chi connectivity index (χ2n) is 12.5. The summed E-state index contributed by atoms with van der Waals surface area (Å²) < 4.78 is 11.8. The van der Waals surface area contributed by atoms with Crippen LogP contribution in [-0.4, -0.2) is 57.8 Å². The minimum absolute atomic E-state index is 0.0598. The Labute approximate surface area is 228 Å². The van der Waals surface area contributed by atoms with Gasteiger partial charge in [0.25, 0.3) is 0 Å². The van der Waals surface area contributed by atoms with Crippen LogP contribution in [0.2, 0.25) is 0 Å². The number of fused-ring (bicyclic) bond motifs is 1. The molecule has 0 saturated heterocycles. The first-order chi connectivity index (χ1) is 17.8. The molecule has 0 bridgehead atoms. The van der Waals surface area contributed by atoms with Gasteiger partial charge >= 0.3 is 11.9 Å². The molecule has 0 aromatic heterocycles. The van der Waals surface area contributed by atoms with Crippen molar-refractivity contribution in [3.05, 3.63) is 35.5 Å². The first-order valence-electron chi connectivity index (χ1n) is 14.3. The van der Waals surface area contributed by atoms with Gasteiger partial charge in [0.05, 0.1) is 17.8 Å². The van der Waals surface area contributed by atoms with Gasteiger partial charge in [-0.05, 0) is 94.1 Å². The molecule has 7 heteroatoms. The standard InChI is InChI=1S/C31H48O7/c1-20-23(18-24(19-27(20)32)38-29(35)10-6-9-28(33)34)12-11-22-8-7-15-31(5)25(13-14-26(22)31)21(2)37-17-16-30(3,4)36/h11-12,21,24-27,32,36H,1,6-10,13-19H2,2-5H3,(H,33,34)/b22-11+,23-12+/t21-,24-,25?,26+,27-,31-/m0/s1. The number of carbonyl (C=O) groups excluding carboxylic acids is 1. The maximum absolute atomic E-state index is 12.2. The van der Waals surface area contributed by atoms with E-state index >= 15 is 0 Å². The van der Waals surface area contributed by atoms with Crippen molar-refractivity contribution in [3.63, 3.8) is 0 Å². The van der Waals surface area contributed by atoms with Crippen LogP contribution in [0.4, 0.5) is 0 Å². The number of ether oxygens (including phenoxy) is 2. The third-order valence-corrected chi connectivity index (χ3v) is 9.02. The van der Waals surface area contributed by atoms with Crippen molar-refractivity contribution >= 4 is 11.9 Å². The zero-order chi connectivity index (χ0) is 28.1. The Kier molecular flexibility index (Phi) is 10.4. The van der Waals surface area contributed by atoms with E-state index in [2.05, 4.69) is 32.6 Å². The number of aliphatic hydroxyl groups excluding tert-OH is 1. The van der Waals surface area contributed by atoms with E-state index in [4.69, 9.17) is 14.6 Å². The van der Waals surface area contributed by atoms with E-state index in [1.54, 1.807) is 0 Å². The lowest BCUT2D eigenvalue weighted by Gasteiger charge is -2.44. The molecule has 1 unspecified atom stereocenters. The number of hydrogen-bond donors (Lipinski definition) is 3. The topological polar surface area (TPSA) is 113 Å². The monoisotopic (exact) mass is 532 g/mol. The van der Waals surface area contributed by atoms with Crippen LogP contribution in [-0.2, 0) is 19.1 Å². The Morgan fingerprint density at radius 2 is 1.97 bits per heavy atom. The quantitative estimate of drug-likeness (QED) is 0.301. The van der Waals surface area contributed by atoms with Crippen LogP contribution in [0.3, 0.4) is 0 Å². The van der Waals surface area contributed by atoms with Gasteiger partial charge in [-0.2, -0.15) is 0 Å². The fourth-order valence-electron chi connectivity index (χ4n) is 6.83. The molecule has 0 heterocycles. The predicted molar refractivity (Wildman–Crippen MR) is 146 cm³/mol. The smallest absolute Gasteiger partial charge is 0.306 e. The molecule has 38 heavy (non-hydrogen) atoms. The molecular formula is C31H48O7. The minimum atomic E-state index is -0.930. The predicted octanol–water partition coefficient (Wildman–Crippen LogP) is 5.50. The highest BCUT2D eigenvalue weighted by atomic mass is 16.5. The van der Waals surface area contributed by atoms with Crippen LogP contribution in [0.1, 0.15) is 98.3 Å². The largest absolute Gasteiger partial charge is 0.481 e. The number of carbonyl (C=O) groups is 2. The van der Waals surface area contributed by atoms with Gasteiger partial charge in [-0.3, -0.25) is 9.59 Å².